The first kappa shape index (κ1) is 15.9. The van der Waals surface area contributed by atoms with Gasteiger partial charge in [0, 0.05) is 18.8 Å². The lowest BCUT2D eigenvalue weighted by atomic mass is 10.0. The van der Waals surface area contributed by atoms with E-state index < -0.39 is 0 Å². The Morgan fingerprint density at radius 3 is 3.00 bits per heavy atom. The minimum atomic E-state index is 0.280. The summed E-state index contributed by atoms with van der Waals surface area (Å²) in [5, 5.41) is 11.7. The van der Waals surface area contributed by atoms with Gasteiger partial charge in [-0.3, -0.25) is 0 Å². The monoisotopic (exact) mass is 361 g/mol. The van der Waals surface area contributed by atoms with Crippen molar-refractivity contribution in [3.05, 3.63) is 59.8 Å². The molecule has 2 aliphatic heterocycles. The van der Waals surface area contributed by atoms with Gasteiger partial charge in [-0.05, 0) is 42.2 Å². The molecule has 27 heavy (non-hydrogen) atoms. The summed E-state index contributed by atoms with van der Waals surface area (Å²) >= 11 is 0. The molecule has 3 heterocycles. The highest BCUT2D eigenvalue weighted by Crippen LogP contribution is 2.33. The molecular formula is C20H19N5O2. The standard InChI is InChI=1S/C20H19N5O2/c1-2-6-16-15(4-1)5-3-9-25(16)20-23-19(12-22-24-20)21-11-14-7-8-17-18(10-14)27-13-26-17/h1-2,4,6-8,10,12H,3,5,9,11,13H2,(H,21,23,24). The highest BCUT2D eigenvalue weighted by molar-refractivity contribution is 5.63. The van der Waals surface area contributed by atoms with Gasteiger partial charge in [0.15, 0.2) is 17.3 Å². The molecule has 136 valence electrons. The molecular weight excluding hydrogens is 342 g/mol. The van der Waals surface area contributed by atoms with E-state index in [-0.39, 0.29) is 6.79 Å². The number of aromatic nitrogens is 3. The average molecular weight is 361 g/mol. The van der Waals surface area contributed by atoms with Crippen LogP contribution >= 0.6 is 0 Å². The smallest absolute Gasteiger partial charge is 0.251 e. The van der Waals surface area contributed by atoms with Gasteiger partial charge in [-0.15, -0.1) is 5.10 Å². The van der Waals surface area contributed by atoms with E-state index in [9.17, 15) is 0 Å². The van der Waals surface area contributed by atoms with Crippen LogP contribution in [0.5, 0.6) is 11.5 Å². The maximum Gasteiger partial charge on any atom is 0.251 e. The third-order valence-corrected chi connectivity index (χ3v) is 4.81. The molecule has 0 amide bonds. The molecule has 7 heteroatoms. The predicted molar refractivity (Wildman–Crippen MR) is 101 cm³/mol. The highest BCUT2D eigenvalue weighted by atomic mass is 16.7. The van der Waals surface area contributed by atoms with Crippen molar-refractivity contribution in [2.24, 2.45) is 0 Å². The van der Waals surface area contributed by atoms with E-state index in [1.165, 1.54) is 11.3 Å². The molecule has 0 unspecified atom stereocenters. The normalized spacial score (nSPS) is 14.7. The Kier molecular flexibility index (Phi) is 3.97. The van der Waals surface area contributed by atoms with E-state index in [4.69, 9.17) is 9.47 Å². The van der Waals surface area contributed by atoms with E-state index in [1.54, 1.807) is 6.20 Å². The van der Waals surface area contributed by atoms with Gasteiger partial charge in [0.2, 0.25) is 6.79 Å². The number of rotatable bonds is 4. The van der Waals surface area contributed by atoms with Gasteiger partial charge in [0.05, 0.1) is 6.20 Å². The van der Waals surface area contributed by atoms with Crippen LogP contribution in [0.1, 0.15) is 17.5 Å². The summed E-state index contributed by atoms with van der Waals surface area (Å²) < 4.78 is 10.8. The molecule has 0 aliphatic carbocycles. The van der Waals surface area contributed by atoms with Crippen molar-refractivity contribution < 1.29 is 9.47 Å². The van der Waals surface area contributed by atoms with Crippen LogP contribution in [-0.4, -0.2) is 28.5 Å². The second-order valence-electron chi connectivity index (χ2n) is 6.57. The van der Waals surface area contributed by atoms with Crippen molar-refractivity contribution in [1.82, 2.24) is 15.2 Å². The minimum Gasteiger partial charge on any atom is -0.454 e. The topological polar surface area (TPSA) is 72.4 Å². The van der Waals surface area contributed by atoms with Crippen LogP contribution in [0.25, 0.3) is 0 Å². The molecule has 0 saturated heterocycles. The van der Waals surface area contributed by atoms with Gasteiger partial charge in [-0.2, -0.15) is 10.1 Å². The minimum absolute atomic E-state index is 0.280. The SMILES string of the molecule is c1ccc2c(c1)CCCN2c1nncc(NCc2ccc3c(c2)OCO3)n1. The molecule has 7 nitrogen and oxygen atoms in total. The Morgan fingerprint density at radius 1 is 1.07 bits per heavy atom. The molecule has 0 saturated carbocycles. The highest BCUT2D eigenvalue weighted by Gasteiger charge is 2.20. The lowest BCUT2D eigenvalue weighted by Crippen LogP contribution is -2.26. The van der Waals surface area contributed by atoms with E-state index >= 15 is 0 Å². The maximum absolute atomic E-state index is 5.43. The van der Waals surface area contributed by atoms with Crippen LogP contribution in [0.3, 0.4) is 0 Å². The number of hydrogen-bond acceptors (Lipinski definition) is 7. The zero-order valence-electron chi connectivity index (χ0n) is 14.8. The summed E-state index contributed by atoms with van der Waals surface area (Å²) in [4.78, 5) is 6.80. The molecule has 0 spiro atoms. The number of nitrogens with one attached hydrogen (secondary N) is 1. The van der Waals surface area contributed by atoms with Crippen LogP contribution < -0.4 is 19.7 Å². The molecule has 0 atom stereocenters. The number of ether oxygens (including phenoxy) is 2. The largest absolute Gasteiger partial charge is 0.454 e. The lowest BCUT2D eigenvalue weighted by Gasteiger charge is -2.29. The van der Waals surface area contributed by atoms with Crippen molar-refractivity contribution in [3.63, 3.8) is 0 Å². The molecule has 3 aromatic rings. The van der Waals surface area contributed by atoms with E-state index in [1.807, 2.05) is 24.3 Å². The number of benzene rings is 2. The molecule has 0 radical (unpaired) electrons. The molecule has 0 bridgehead atoms. The summed E-state index contributed by atoms with van der Waals surface area (Å²) in [6.45, 7) is 1.79. The second-order valence-corrected chi connectivity index (χ2v) is 6.57. The number of hydrogen-bond donors (Lipinski definition) is 1. The van der Waals surface area contributed by atoms with E-state index in [0.29, 0.717) is 18.3 Å². The average Bonchev–Trinajstić information content (AvgIpc) is 3.20. The Morgan fingerprint density at radius 2 is 2.00 bits per heavy atom. The summed E-state index contributed by atoms with van der Waals surface area (Å²) in [5.74, 6) is 2.88. The number of para-hydroxylation sites is 1. The van der Waals surface area contributed by atoms with Crippen molar-refractivity contribution >= 4 is 17.5 Å². The number of anilines is 3. The number of fused-ring (bicyclic) bond motifs is 2. The molecule has 1 aromatic heterocycles. The lowest BCUT2D eigenvalue weighted by molar-refractivity contribution is 0.174. The summed E-state index contributed by atoms with van der Waals surface area (Å²) in [7, 11) is 0. The summed E-state index contributed by atoms with van der Waals surface area (Å²) in [6, 6.07) is 14.3. The maximum atomic E-state index is 5.43. The zero-order chi connectivity index (χ0) is 18.1. The summed E-state index contributed by atoms with van der Waals surface area (Å²) in [6.07, 6.45) is 3.81. The predicted octanol–water partition coefficient (Wildman–Crippen LogP) is 3.30. The van der Waals surface area contributed by atoms with Crippen LogP contribution in [0.2, 0.25) is 0 Å². The molecule has 1 N–H and O–H groups in total. The fraction of sp³-hybridized carbons (Fsp3) is 0.250. The second kappa shape index (κ2) is 6.75. The Labute approximate surface area is 157 Å². The number of nitrogens with zero attached hydrogens (tertiary/aromatic N) is 4. The third kappa shape index (κ3) is 3.12. The van der Waals surface area contributed by atoms with Crippen LogP contribution in [0.15, 0.2) is 48.7 Å². The van der Waals surface area contributed by atoms with Gasteiger partial charge in [-0.1, -0.05) is 24.3 Å². The van der Waals surface area contributed by atoms with Crippen LogP contribution in [-0.2, 0) is 13.0 Å². The van der Waals surface area contributed by atoms with Gasteiger partial charge >= 0.3 is 0 Å². The molecule has 0 fully saturated rings. The molecule has 2 aromatic carbocycles. The van der Waals surface area contributed by atoms with Crippen molar-refractivity contribution in [2.75, 3.05) is 23.6 Å². The van der Waals surface area contributed by atoms with E-state index in [2.05, 4.69) is 43.6 Å². The fourth-order valence-electron chi connectivity index (χ4n) is 3.48. The van der Waals surface area contributed by atoms with Gasteiger partial charge < -0.3 is 19.7 Å². The van der Waals surface area contributed by atoms with Crippen LogP contribution in [0, 0.1) is 0 Å². The Bertz CT molecular complexity index is 978. The van der Waals surface area contributed by atoms with Gasteiger partial charge in [-0.25, -0.2) is 0 Å². The summed E-state index contributed by atoms with van der Waals surface area (Å²) in [5.41, 5.74) is 3.58. The van der Waals surface area contributed by atoms with Crippen LogP contribution in [0.4, 0.5) is 17.5 Å². The van der Waals surface area contributed by atoms with E-state index in [0.717, 1.165) is 36.4 Å². The molecule has 2 aliphatic rings. The number of aryl methyl sites for hydroxylation is 1. The zero-order valence-corrected chi connectivity index (χ0v) is 14.8. The first-order chi connectivity index (χ1) is 13.4. The Hall–Kier alpha value is -3.35. The van der Waals surface area contributed by atoms with Crippen molar-refractivity contribution in [3.8, 4) is 11.5 Å². The van der Waals surface area contributed by atoms with Gasteiger partial charge in [0.25, 0.3) is 5.95 Å². The molecule has 5 rings (SSSR count). The quantitative estimate of drug-likeness (QED) is 0.764. The van der Waals surface area contributed by atoms with Crippen molar-refractivity contribution in [2.45, 2.75) is 19.4 Å². The third-order valence-electron chi connectivity index (χ3n) is 4.81. The first-order valence-electron chi connectivity index (χ1n) is 9.04. The fourth-order valence-corrected chi connectivity index (χ4v) is 3.48. The van der Waals surface area contributed by atoms with Crippen molar-refractivity contribution in [1.29, 1.82) is 0 Å². The van der Waals surface area contributed by atoms with Gasteiger partial charge in [0.1, 0.15) is 0 Å². The first-order valence-corrected chi connectivity index (χ1v) is 9.04. The Balaban J connectivity index is 1.34.